The summed E-state index contributed by atoms with van der Waals surface area (Å²) in [5, 5.41) is 3.54. The minimum Gasteiger partial charge on any atom is -0.312 e. The van der Waals surface area contributed by atoms with E-state index in [2.05, 4.69) is 64.2 Å². The van der Waals surface area contributed by atoms with Gasteiger partial charge in [-0.05, 0) is 36.8 Å². The minimum atomic E-state index is 0.577. The number of hydrogen-bond donors (Lipinski definition) is 1. The minimum absolute atomic E-state index is 0.577. The molecule has 0 aliphatic heterocycles. The van der Waals surface area contributed by atoms with Crippen molar-refractivity contribution < 1.29 is 0 Å². The molecule has 1 unspecified atom stereocenters. The van der Waals surface area contributed by atoms with Crippen molar-refractivity contribution in [2.24, 2.45) is 0 Å². The molecule has 1 N–H and O–H groups in total. The molecule has 0 aromatic heterocycles. The lowest BCUT2D eigenvalue weighted by atomic mass is 9.99. The molecular weight excluding hydrogens is 206 g/mol. The average molecular weight is 233 g/mol. The van der Waals surface area contributed by atoms with E-state index >= 15 is 0 Å². The molecule has 0 heterocycles. The maximum Gasteiger partial charge on any atom is 0.00442 e. The molecule has 0 aliphatic carbocycles. The molecule has 0 fully saturated rings. The second-order valence-corrected chi connectivity index (χ2v) is 5.66. The molecule has 96 valence electrons. The number of rotatable bonds is 6. The van der Waals surface area contributed by atoms with E-state index in [-0.39, 0.29) is 0 Å². The second-order valence-electron chi connectivity index (χ2n) is 5.66. The first-order valence-electron chi connectivity index (χ1n) is 6.84. The van der Waals surface area contributed by atoms with Crippen LogP contribution in [0, 0.1) is 0 Å². The number of nitrogens with one attached hydrogen (secondary N) is 1. The fourth-order valence-electron chi connectivity index (χ4n) is 2.10. The average Bonchev–Trinajstić information content (AvgIpc) is 2.26. The summed E-state index contributed by atoms with van der Waals surface area (Å²) < 4.78 is 0. The fraction of sp³-hybridized carbons (Fsp3) is 0.625. The third-order valence-electron chi connectivity index (χ3n) is 3.13. The quantitative estimate of drug-likeness (QED) is 0.779. The fourth-order valence-corrected chi connectivity index (χ4v) is 2.10. The Morgan fingerprint density at radius 2 is 1.53 bits per heavy atom. The molecule has 0 radical (unpaired) electrons. The largest absolute Gasteiger partial charge is 0.312 e. The summed E-state index contributed by atoms with van der Waals surface area (Å²) in [5.74, 6) is 0.630. The summed E-state index contributed by atoms with van der Waals surface area (Å²) in [6.45, 7) is 11.2. The Hall–Kier alpha value is -0.820. The van der Waals surface area contributed by atoms with Crippen molar-refractivity contribution in [2.45, 2.75) is 65.5 Å². The summed E-state index contributed by atoms with van der Waals surface area (Å²) >= 11 is 0. The van der Waals surface area contributed by atoms with Gasteiger partial charge in [0.15, 0.2) is 0 Å². The van der Waals surface area contributed by atoms with E-state index in [0.717, 1.165) is 0 Å². The zero-order valence-corrected chi connectivity index (χ0v) is 12.0. The van der Waals surface area contributed by atoms with E-state index in [4.69, 9.17) is 0 Å². The van der Waals surface area contributed by atoms with E-state index in [0.29, 0.717) is 18.0 Å². The van der Waals surface area contributed by atoms with Crippen molar-refractivity contribution >= 4 is 0 Å². The predicted octanol–water partition coefficient (Wildman–Crippen LogP) is 4.13. The highest BCUT2D eigenvalue weighted by molar-refractivity contribution is 5.24. The summed E-state index contributed by atoms with van der Waals surface area (Å²) in [6.07, 6.45) is 2.37. The van der Waals surface area contributed by atoms with Crippen molar-refractivity contribution in [3.8, 4) is 0 Å². The van der Waals surface area contributed by atoms with Crippen LogP contribution in [0.15, 0.2) is 24.3 Å². The second kappa shape index (κ2) is 6.80. The van der Waals surface area contributed by atoms with E-state index in [9.17, 15) is 0 Å². The summed E-state index contributed by atoms with van der Waals surface area (Å²) in [6, 6.07) is 10.3. The first-order chi connectivity index (χ1) is 7.99. The van der Waals surface area contributed by atoms with Gasteiger partial charge in [-0.15, -0.1) is 0 Å². The lowest BCUT2D eigenvalue weighted by Crippen LogP contribution is -2.32. The third-order valence-corrected chi connectivity index (χ3v) is 3.13. The summed E-state index contributed by atoms with van der Waals surface area (Å²) in [7, 11) is 0. The van der Waals surface area contributed by atoms with Crippen LogP contribution in [0.2, 0.25) is 0 Å². The first-order valence-corrected chi connectivity index (χ1v) is 6.84. The molecule has 0 saturated carbocycles. The van der Waals surface area contributed by atoms with Gasteiger partial charge in [-0.25, -0.2) is 0 Å². The number of benzene rings is 1. The van der Waals surface area contributed by atoms with Gasteiger partial charge in [0, 0.05) is 12.1 Å². The maximum atomic E-state index is 3.54. The van der Waals surface area contributed by atoms with Crippen LogP contribution in [0.1, 0.15) is 58.1 Å². The Labute approximate surface area is 107 Å². The zero-order chi connectivity index (χ0) is 12.8. The van der Waals surface area contributed by atoms with E-state index in [1.54, 1.807) is 0 Å². The van der Waals surface area contributed by atoms with Crippen LogP contribution in [0.3, 0.4) is 0 Å². The topological polar surface area (TPSA) is 12.0 Å². The van der Waals surface area contributed by atoms with Crippen molar-refractivity contribution in [1.29, 1.82) is 0 Å². The van der Waals surface area contributed by atoms with Crippen molar-refractivity contribution in [2.75, 3.05) is 0 Å². The molecule has 1 nitrogen and oxygen atoms in total. The van der Waals surface area contributed by atoms with Gasteiger partial charge in [0.25, 0.3) is 0 Å². The van der Waals surface area contributed by atoms with Crippen LogP contribution in [-0.2, 0) is 6.42 Å². The normalized spacial score (nSPS) is 13.4. The predicted molar refractivity (Wildman–Crippen MR) is 76.6 cm³/mol. The van der Waals surface area contributed by atoms with Crippen molar-refractivity contribution in [1.82, 2.24) is 5.32 Å². The first kappa shape index (κ1) is 14.2. The summed E-state index contributed by atoms with van der Waals surface area (Å²) in [4.78, 5) is 0. The molecule has 0 amide bonds. The highest BCUT2D eigenvalue weighted by Gasteiger charge is 2.04. The van der Waals surface area contributed by atoms with Gasteiger partial charge in [0.05, 0.1) is 0 Å². The van der Waals surface area contributed by atoms with E-state index < -0.39 is 0 Å². The van der Waals surface area contributed by atoms with Gasteiger partial charge in [-0.1, -0.05) is 52.0 Å². The SMILES string of the molecule is CC(C)NC(C)CCc1ccc(C(C)C)cc1. The highest BCUT2D eigenvalue weighted by atomic mass is 14.9. The standard InChI is InChI=1S/C16H27N/c1-12(2)16-10-8-15(9-11-16)7-6-14(5)17-13(3)4/h8-14,17H,6-7H2,1-5H3. The Bertz CT molecular complexity index is 311. The number of hydrogen-bond acceptors (Lipinski definition) is 1. The lowest BCUT2D eigenvalue weighted by Gasteiger charge is -2.16. The molecule has 1 aromatic carbocycles. The van der Waals surface area contributed by atoms with Gasteiger partial charge in [-0.3, -0.25) is 0 Å². The van der Waals surface area contributed by atoms with Crippen molar-refractivity contribution in [3.05, 3.63) is 35.4 Å². The summed E-state index contributed by atoms with van der Waals surface area (Å²) in [5.41, 5.74) is 2.88. The van der Waals surface area contributed by atoms with Crippen LogP contribution in [-0.4, -0.2) is 12.1 Å². The Morgan fingerprint density at radius 3 is 2.00 bits per heavy atom. The molecule has 1 rings (SSSR count). The molecule has 0 spiro atoms. The van der Waals surface area contributed by atoms with Gasteiger partial charge in [0.1, 0.15) is 0 Å². The van der Waals surface area contributed by atoms with Gasteiger partial charge >= 0.3 is 0 Å². The van der Waals surface area contributed by atoms with E-state index in [1.807, 2.05) is 0 Å². The van der Waals surface area contributed by atoms with E-state index in [1.165, 1.54) is 24.0 Å². The Kier molecular flexibility index (Phi) is 5.70. The van der Waals surface area contributed by atoms with Crippen LogP contribution >= 0.6 is 0 Å². The van der Waals surface area contributed by atoms with Gasteiger partial charge < -0.3 is 5.32 Å². The highest BCUT2D eigenvalue weighted by Crippen LogP contribution is 2.15. The monoisotopic (exact) mass is 233 g/mol. The van der Waals surface area contributed by atoms with Gasteiger partial charge in [-0.2, -0.15) is 0 Å². The molecule has 0 saturated heterocycles. The smallest absolute Gasteiger partial charge is 0.00442 e. The van der Waals surface area contributed by atoms with Crippen LogP contribution < -0.4 is 5.32 Å². The molecular formula is C16H27N. The Morgan fingerprint density at radius 1 is 0.941 bits per heavy atom. The van der Waals surface area contributed by atoms with Crippen LogP contribution in [0.5, 0.6) is 0 Å². The Balaban J connectivity index is 2.42. The molecule has 1 heteroatoms. The molecule has 0 bridgehead atoms. The van der Waals surface area contributed by atoms with Gasteiger partial charge in [0.2, 0.25) is 0 Å². The molecule has 1 atom stereocenters. The molecule has 0 aliphatic rings. The van der Waals surface area contributed by atoms with Crippen LogP contribution in [0.25, 0.3) is 0 Å². The van der Waals surface area contributed by atoms with Crippen molar-refractivity contribution in [3.63, 3.8) is 0 Å². The zero-order valence-electron chi connectivity index (χ0n) is 12.0. The van der Waals surface area contributed by atoms with Crippen LogP contribution in [0.4, 0.5) is 0 Å². The molecule has 1 aromatic rings. The maximum absolute atomic E-state index is 3.54. The molecule has 17 heavy (non-hydrogen) atoms. The lowest BCUT2D eigenvalue weighted by molar-refractivity contribution is 0.466. The number of aryl methyl sites for hydroxylation is 1. The third kappa shape index (κ3) is 5.36.